The lowest BCUT2D eigenvalue weighted by Crippen LogP contribution is -2.38. The van der Waals surface area contributed by atoms with Crippen molar-refractivity contribution < 1.29 is 14.7 Å². The second-order valence-electron chi connectivity index (χ2n) is 7.79. The average molecular weight is 396 g/mol. The van der Waals surface area contributed by atoms with Crippen molar-refractivity contribution in [2.45, 2.75) is 39.2 Å². The molecule has 0 aliphatic heterocycles. The average Bonchev–Trinajstić information content (AvgIpc) is 3.53. The van der Waals surface area contributed by atoms with Gasteiger partial charge in [-0.05, 0) is 68.1 Å². The molecule has 0 spiro atoms. The molecule has 3 rings (SSSR count). The highest BCUT2D eigenvalue weighted by atomic mass is 16.3. The summed E-state index contributed by atoms with van der Waals surface area (Å²) >= 11 is 0. The highest BCUT2D eigenvalue weighted by Gasteiger charge is 2.30. The van der Waals surface area contributed by atoms with Crippen molar-refractivity contribution in [3.05, 3.63) is 53.6 Å². The lowest BCUT2D eigenvalue weighted by atomic mass is 10.1. The molecule has 0 aromatic heterocycles. The summed E-state index contributed by atoms with van der Waals surface area (Å²) in [6, 6.07) is 12.9. The van der Waals surface area contributed by atoms with E-state index >= 15 is 0 Å². The highest BCUT2D eigenvalue weighted by molar-refractivity contribution is 5.94. The molecule has 2 aromatic rings. The van der Waals surface area contributed by atoms with E-state index in [0.717, 1.165) is 35.3 Å². The summed E-state index contributed by atoms with van der Waals surface area (Å²) < 4.78 is 0. The fourth-order valence-electron chi connectivity index (χ4n) is 3.30. The van der Waals surface area contributed by atoms with Gasteiger partial charge in [0.05, 0.1) is 6.54 Å². The Bertz CT molecular complexity index is 875. The Balaban J connectivity index is 1.54. The van der Waals surface area contributed by atoms with Crippen molar-refractivity contribution in [3.63, 3.8) is 0 Å². The molecule has 2 amide bonds. The minimum atomic E-state index is -0.0510. The van der Waals surface area contributed by atoms with Crippen LogP contribution in [0, 0.1) is 13.8 Å². The Morgan fingerprint density at radius 2 is 1.79 bits per heavy atom. The fourth-order valence-corrected chi connectivity index (χ4v) is 3.30. The van der Waals surface area contributed by atoms with E-state index in [1.807, 2.05) is 32.0 Å². The predicted octanol–water partition coefficient (Wildman–Crippen LogP) is 3.47. The van der Waals surface area contributed by atoms with Crippen LogP contribution in [0.1, 0.15) is 30.4 Å². The third kappa shape index (κ3) is 5.81. The molecule has 6 nitrogen and oxygen atoms in total. The van der Waals surface area contributed by atoms with Crippen molar-refractivity contribution in [2.75, 3.05) is 30.4 Å². The third-order valence-electron chi connectivity index (χ3n) is 5.30. The number of hydrogen-bond donors (Lipinski definition) is 2. The van der Waals surface area contributed by atoms with Gasteiger partial charge in [-0.3, -0.25) is 14.5 Å². The van der Waals surface area contributed by atoms with E-state index in [1.165, 1.54) is 0 Å². The SMILES string of the molecule is Cc1ccc(C)c(NC(=O)CN(CCC(=O)N(C)c2ccc(O)cc2)C2CC2)c1. The summed E-state index contributed by atoms with van der Waals surface area (Å²) in [5.41, 5.74) is 3.72. The van der Waals surface area contributed by atoms with Gasteiger partial charge in [-0.1, -0.05) is 12.1 Å². The van der Waals surface area contributed by atoms with Gasteiger partial charge in [0, 0.05) is 37.4 Å². The molecule has 6 heteroatoms. The van der Waals surface area contributed by atoms with Crippen LogP contribution in [-0.2, 0) is 9.59 Å². The molecule has 29 heavy (non-hydrogen) atoms. The smallest absolute Gasteiger partial charge is 0.238 e. The van der Waals surface area contributed by atoms with Crippen LogP contribution in [-0.4, -0.2) is 48.0 Å². The van der Waals surface area contributed by atoms with E-state index in [-0.39, 0.29) is 24.1 Å². The Hall–Kier alpha value is -2.86. The van der Waals surface area contributed by atoms with Gasteiger partial charge in [-0.15, -0.1) is 0 Å². The second-order valence-corrected chi connectivity index (χ2v) is 7.79. The molecule has 2 aromatic carbocycles. The molecule has 1 saturated carbocycles. The molecular formula is C23H29N3O3. The molecule has 0 unspecified atom stereocenters. The number of benzene rings is 2. The summed E-state index contributed by atoms with van der Waals surface area (Å²) in [6.07, 6.45) is 2.47. The van der Waals surface area contributed by atoms with E-state index in [2.05, 4.69) is 10.2 Å². The lowest BCUT2D eigenvalue weighted by molar-refractivity contribution is -0.120. The van der Waals surface area contributed by atoms with Gasteiger partial charge in [0.2, 0.25) is 11.8 Å². The first-order chi connectivity index (χ1) is 13.8. The van der Waals surface area contributed by atoms with Gasteiger partial charge in [-0.2, -0.15) is 0 Å². The zero-order valence-corrected chi connectivity index (χ0v) is 17.3. The quantitative estimate of drug-likeness (QED) is 0.718. The standard InChI is InChI=1S/C23H29N3O3/c1-16-4-5-17(2)21(14-16)24-22(28)15-26(19-6-7-19)13-12-23(29)25(3)18-8-10-20(27)11-9-18/h4-5,8-11,14,19,27H,6-7,12-13,15H2,1-3H3,(H,24,28). The van der Waals surface area contributed by atoms with Crippen LogP contribution in [0.25, 0.3) is 0 Å². The number of hydrogen-bond acceptors (Lipinski definition) is 4. The first-order valence-electron chi connectivity index (χ1n) is 10.00. The largest absolute Gasteiger partial charge is 0.508 e. The number of amides is 2. The minimum absolute atomic E-state index is 0.0173. The van der Waals surface area contributed by atoms with Gasteiger partial charge < -0.3 is 15.3 Å². The van der Waals surface area contributed by atoms with E-state index in [1.54, 1.807) is 36.2 Å². The lowest BCUT2D eigenvalue weighted by Gasteiger charge is -2.23. The predicted molar refractivity (Wildman–Crippen MR) is 115 cm³/mol. The molecule has 0 radical (unpaired) electrons. The number of nitrogens with zero attached hydrogens (tertiary/aromatic N) is 2. The molecule has 1 aliphatic rings. The van der Waals surface area contributed by atoms with E-state index in [0.29, 0.717) is 19.0 Å². The first kappa shape index (κ1) is 20.9. The Morgan fingerprint density at radius 1 is 1.10 bits per heavy atom. The van der Waals surface area contributed by atoms with Crippen molar-refractivity contribution in [2.24, 2.45) is 0 Å². The number of nitrogens with one attached hydrogen (secondary N) is 1. The minimum Gasteiger partial charge on any atom is -0.508 e. The third-order valence-corrected chi connectivity index (χ3v) is 5.30. The second kappa shape index (κ2) is 9.09. The Labute approximate surface area is 172 Å². The topological polar surface area (TPSA) is 72.9 Å². The first-order valence-corrected chi connectivity index (χ1v) is 10.00. The van der Waals surface area contributed by atoms with E-state index in [4.69, 9.17) is 0 Å². The van der Waals surface area contributed by atoms with Gasteiger partial charge in [0.1, 0.15) is 5.75 Å². The molecule has 0 atom stereocenters. The Morgan fingerprint density at radius 3 is 2.45 bits per heavy atom. The van der Waals surface area contributed by atoms with Crippen molar-refractivity contribution in [1.29, 1.82) is 0 Å². The van der Waals surface area contributed by atoms with Gasteiger partial charge in [0.25, 0.3) is 0 Å². The molecule has 0 heterocycles. The van der Waals surface area contributed by atoms with Crippen LogP contribution in [0.15, 0.2) is 42.5 Å². The van der Waals surface area contributed by atoms with Crippen LogP contribution in [0.3, 0.4) is 0 Å². The van der Waals surface area contributed by atoms with Crippen molar-refractivity contribution in [3.8, 4) is 5.75 Å². The van der Waals surface area contributed by atoms with Crippen LogP contribution in [0.4, 0.5) is 11.4 Å². The number of aryl methyl sites for hydroxylation is 2. The number of carbonyl (C=O) groups is 2. The molecule has 1 aliphatic carbocycles. The molecule has 1 fully saturated rings. The zero-order chi connectivity index (χ0) is 21.0. The normalized spacial score (nSPS) is 13.4. The summed E-state index contributed by atoms with van der Waals surface area (Å²) in [4.78, 5) is 28.8. The number of phenols is 1. The maximum Gasteiger partial charge on any atom is 0.238 e. The summed E-state index contributed by atoms with van der Waals surface area (Å²) in [7, 11) is 1.73. The fraction of sp³-hybridized carbons (Fsp3) is 0.391. The number of rotatable bonds is 8. The van der Waals surface area contributed by atoms with Gasteiger partial charge in [0.15, 0.2) is 0 Å². The molecular weight excluding hydrogens is 366 g/mol. The number of phenolic OH excluding ortho intramolecular Hbond substituents is 1. The van der Waals surface area contributed by atoms with E-state index in [9.17, 15) is 14.7 Å². The van der Waals surface area contributed by atoms with Gasteiger partial charge in [-0.25, -0.2) is 0 Å². The van der Waals surface area contributed by atoms with Crippen molar-refractivity contribution in [1.82, 2.24) is 4.90 Å². The molecule has 154 valence electrons. The number of carbonyl (C=O) groups excluding carboxylic acids is 2. The summed E-state index contributed by atoms with van der Waals surface area (Å²) in [5.74, 6) is 0.102. The van der Waals surface area contributed by atoms with Crippen molar-refractivity contribution >= 4 is 23.2 Å². The van der Waals surface area contributed by atoms with Crippen LogP contribution < -0.4 is 10.2 Å². The summed E-state index contributed by atoms with van der Waals surface area (Å²) in [6.45, 7) is 4.81. The molecule has 2 N–H and O–H groups in total. The van der Waals surface area contributed by atoms with Crippen LogP contribution in [0.2, 0.25) is 0 Å². The zero-order valence-electron chi connectivity index (χ0n) is 17.3. The molecule has 0 saturated heterocycles. The number of anilines is 2. The monoisotopic (exact) mass is 395 g/mol. The van der Waals surface area contributed by atoms with E-state index < -0.39 is 0 Å². The van der Waals surface area contributed by atoms with Gasteiger partial charge >= 0.3 is 0 Å². The summed E-state index contributed by atoms with van der Waals surface area (Å²) in [5, 5.41) is 12.4. The highest BCUT2D eigenvalue weighted by Crippen LogP contribution is 2.27. The maximum atomic E-state index is 12.6. The molecule has 0 bridgehead atoms. The van der Waals surface area contributed by atoms with Crippen LogP contribution >= 0.6 is 0 Å². The Kier molecular flexibility index (Phi) is 6.54. The number of aromatic hydroxyl groups is 1. The maximum absolute atomic E-state index is 12.6. The van der Waals surface area contributed by atoms with Crippen LogP contribution in [0.5, 0.6) is 5.75 Å².